The van der Waals surface area contributed by atoms with Crippen LogP contribution >= 0.6 is 0 Å². The van der Waals surface area contributed by atoms with Gasteiger partial charge in [-0.25, -0.2) is 9.78 Å². The Bertz CT molecular complexity index is 627. The van der Waals surface area contributed by atoms with Crippen LogP contribution in [0.2, 0.25) is 0 Å². The normalized spacial score (nSPS) is 10.5. The third-order valence-electron chi connectivity index (χ3n) is 2.99. The minimum Gasteiger partial charge on any atom is -0.492 e. The molecule has 0 aliphatic heterocycles. The molecular formula is C16H19N3O3. The van der Waals surface area contributed by atoms with Crippen molar-refractivity contribution in [1.82, 2.24) is 14.9 Å². The number of hydrogen-bond donors (Lipinski definition) is 0. The van der Waals surface area contributed by atoms with E-state index in [4.69, 9.17) is 4.74 Å². The van der Waals surface area contributed by atoms with E-state index in [9.17, 15) is 4.79 Å². The number of nitrogens with zero attached hydrogens (tertiary/aromatic N) is 3. The van der Waals surface area contributed by atoms with E-state index in [1.807, 2.05) is 38.4 Å². The Kier molecular flexibility index (Phi) is 5.43. The highest BCUT2D eigenvalue weighted by molar-refractivity contribution is 5.87. The molecule has 0 saturated carbocycles. The lowest BCUT2D eigenvalue weighted by molar-refractivity contribution is 0.0593. The maximum atomic E-state index is 11.5. The van der Waals surface area contributed by atoms with E-state index in [1.165, 1.54) is 13.3 Å². The van der Waals surface area contributed by atoms with Gasteiger partial charge in [0.25, 0.3) is 0 Å². The van der Waals surface area contributed by atoms with Crippen molar-refractivity contribution in [1.29, 1.82) is 0 Å². The predicted molar refractivity (Wildman–Crippen MR) is 82.9 cm³/mol. The SMILES string of the molecule is COC(=O)c1cncc(-c2ccc(OCCN(C)C)cc2)n1. The number of carbonyl (C=O) groups is 1. The highest BCUT2D eigenvalue weighted by atomic mass is 16.5. The molecule has 1 heterocycles. The first-order valence-electron chi connectivity index (χ1n) is 6.88. The molecule has 0 N–H and O–H groups in total. The maximum absolute atomic E-state index is 11.5. The summed E-state index contributed by atoms with van der Waals surface area (Å²) in [5, 5.41) is 0. The van der Waals surface area contributed by atoms with Gasteiger partial charge in [0, 0.05) is 12.1 Å². The zero-order chi connectivity index (χ0) is 15.9. The molecule has 0 spiro atoms. The first kappa shape index (κ1) is 15.9. The zero-order valence-electron chi connectivity index (χ0n) is 12.9. The summed E-state index contributed by atoms with van der Waals surface area (Å²) in [6.07, 6.45) is 2.99. The van der Waals surface area contributed by atoms with Crippen LogP contribution in [0, 0.1) is 0 Å². The first-order valence-corrected chi connectivity index (χ1v) is 6.88. The van der Waals surface area contributed by atoms with Crippen LogP contribution in [0.4, 0.5) is 0 Å². The number of likely N-dealkylation sites (N-methyl/N-ethyl adjacent to an activating group) is 1. The fourth-order valence-electron chi connectivity index (χ4n) is 1.78. The summed E-state index contributed by atoms with van der Waals surface area (Å²) >= 11 is 0. The summed E-state index contributed by atoms with van der Waals surface area (Å²) in [7, 11) is 5.31. The van der Waals surface area contributed by atoms with Gasteiger partial charge in [-0.1, -0.05) is 0 Å². The third-order valence-corrected chi connectivity index (χ3v) is 2.99. The van der Waals surface area contributed by atoms with Crippen molar-refractivity contribution < 1.29 is 14.3 Å². The number of carbonyl (C=O) groups excluding carboxylic acids is 1. The Morgan fingerprint density at radius 2 is 1.91 bits per heavy atom. The molecule has 6 heteroatoms. The summed E-state index contributed by atoms with van der Waals surface area (Å²) in [6, 6.07) is 7.51. The van der Waals surface area contributed by atoms with Crippen LogP contribution in [0.1, 0.15) is 10.5 Å². The second-order valence-electron chi connectivity index (χ2n) is 4.96. The van der Waals surface area contributed by atoms with Crippen LogP contribution in [-0.4, -0.2) is 55.2 Å². The Hall–Kier alpha value is -2.47. The quantitative estimate of drug-likeness (QED) is 0.759. The number of aromatic nitrogens is 2. The van der Waals surface area contributed by atoms with Crippen molar-refractivity contribution in [3.63, 3.8) is 0 Å². The number of esters is 1. The van der Waals surface area contributed by atoms with Crippen molar-refractivity contribution >= 4 is 5.97 Å². The molecule has 0 aliphatic carbocycles. The van der Waals surface area contributed by atoms with E-state index in [2.05, 4.69) is 19.6 Å². The molecule has 0 fully saturated rings. The van der Waals surface area contributed by atoms with E-state index < -0.39 is 5.97 Å². The number of rotatable bonds is 6. The van der Waals surface area contributed by atoms with Gasteiger partial charge in [0.2, 0.25) is 0 Å². The molecule has 2 aromatic rings. The predicted octanol–water partition coefficient (Wildman–Crippen LogP) is 1.87. The van der Waals surface area contributed by atoms with E-state index in [-0.39, 0.29) is 5.69 Å². The molecule has 116 valence electrons. The number of hydrogen-bond acceptors (Lipinski definition) is 6. The average Bonchev–Trinajstić information content (AvgIpc) is 2.54. The lowest BCUT2D eigenvalue weighted by Gasteiger charge is -2.11. The molecule has 6 nitrogen and oxygen atoms in total. The summed E-state index contributed by atoms with van der Waals surface area (Å²) in [6.45, 7) is 1.48. The van der Waals surface area contributed by atoms with Gasteiger partial charge in [0.1, 0.15) is 12.4 Å². The van der Waals surface area contributed by atoms with E-state index in [0.29, 0.717) is 12.3 Å². The minimum absolute atomic E-state index is 0.186. The molecule has 0 saturated heterocycles. The lowest BCUT2D eigenvalue weighted by atomic mass is 10.1. The average molecular weight is 301 g/mol. The highest BCUT2D eigenvalue weighted by Gasteiger charge is 2.09. The summed E-state index contributed by atoms with van der Waals surface area (Å²) in [5.41, 5.74) is 1.66. The van der Waals surface area contributed by atoms with Gasteiger partial charge in [-0.15, -0.1) is 0 Å². The minimum atomic E-state index is -0.502. The van der Waals surface area contributed by atoms with Gasteiger partial charge in [0.05, 0.1) is 25.2 Å². The van der Waals surface area contributed by atoms with E-state index in [1.54, 1.807) is 6.20 Å². The second kappa shape index (κ2) is 7.51. The van der Waals surface area contributed by atoms with E-state index >= 15 is 0 Å². The molecule has 0 amide bonds. The third kappa shape index (κ3) is 4.26. The molecule has 2 rings (SSSR count). The topological polar surface area (TPSA) is 64.6 Å². The fourth-order valence-corrected chi connectivity index (χ4v) is 1.78. The molecule has 0 radical (unpaired) electrons. The molecule has 0 aliphatic rings. The number of methoxy groups -OCH3 is 1. The molecule has 1 aromatic heterocycles. The van der Waals surface area contributed by atoms with Gasteiger partial charge in [-0.2, -0.15) is 0 Å². The van der Waals surface area contributed by atoms with Crippen LogP contribution in [0.5, 0.6) is 5.75 Å². The van der Waals surface area contributed by atoms with Gasteiger partial charge >= 0.3 is 5.97 Å². The lowest BCUT2D eigenvalue weighted by Crippen LogP contribution is -2.19. The zero-order valence-corrected chi connectivity index (χ0v) is 12.9. The van der Waals surface area contributed by atoms with Crippen molar-refractivity contribution in [2.24, 2.45) is 0 Å². The molecule has 22 heavy (non-hydrogen) atoms. The van der Waals surface area contributed by atoms with Gasteiger partial charge < -0.3 is 14.4 Å². The molecular weight excluding hydrogens is 282 g/mol. The molecule has 0 atom stereocenters. The molecule has 0 bridgehead atoms. The number of ether oxygens (including phenoxy) is 2. The fraction of sp³-hybridized carbons (Fsp3) is 0.312. The Morgan fingerprint density at radius 1 is 1.18 bits per heavy atom. The Labute approximate surface area is 129 Å². The molecule has 1 aromatic carbocycles. The van der Waals surface area contributed by atoms with Gasteiger partial charge in [-0.05, 0) is 38.4 Å². The monoisotopic (exact) mass is 301 g/mol. The van der Waals surface area contributed by atoms with Crippen LogP contribution in [0.25, 0.3) is 11.3 Å². The summed E-state index contributed by atoms with van der Waals surface area (Å²) in [5.74, 6) is 0.292. The highest BCUT2D eigenvalue weighted by Crippen LogP contribution is 2.20. The van der Waals surface area contributed by atoms with Crippen molar-refractivity contribution in [2.45, 2.75) is 0 Å². The van der Waals surface area contributed by atoms with Crippen LogP contribution in [0.15, 0.2) is 36.7 Å². The molecule has 0 unspecified atom stereocenters. The summed E-state index contributed by atoms with van der Waals surface area (Å²) in [4.78, 5) is 21.8. The van der Waals surface area contributed by atoms with Crippen molar-refractivity contribution in [3.05, 3.63) is 42.4 Å². The van der Waals surface area contributed by atoms with Crippen LogP contribution in [-0.2, 0) is 4.74 Å². The second-order valence-corrected chi connectivity index (χ2v) is 4.96. The maximum Gasteiger partial charge on any atom is 0.358 e. The van der Waals surface area contributed by atoms with Crippen LogP contribution in [0.3, 0.4) is 0 Å². The standard InChI is InChI=1S/C16H19N3O3/c1-19(2)8-9-22-13-6-4-12(5-7-13)14-10-17-11-15(18-14)16(20)21-3/h4-7,10-11H,8-9H2,1-3H3. The van der Waals surface area contributed by atoms with Gasteiger partial charge in [-0.3, -0.25) is 4.98 Å². The van der Waals surface area contributed by atoms with Crippen LogP contribution < -0.4 is 4.74 Å². The number of benzene rings is 1. The van der Waals surface area contributed by atoms with Crippen molar-refractivity contribution in [3.8, 4) is 17.0 Å². The largest absolute Gasteiger partial charge is 0.492 e. The Balaban J connectivity index is 2.08. The van der Waals surface area contributed by atoms with E-state index in [0.717, 1.165) is 17.9 Å². The smallest absolute Gasteiger partial charge is 0.358 e. The Morgan fingerprint density at radius 3 is 2.55 bits per heavy atom. The van der Waals surface area contributed by atoms with Crippen molar-refractivity contribution in [2.75, 3.05) is 34.4 Å². The van der Waals surface area contributed by atoms with Gasteiger partial charge in [0.15, 0.2) is 5.69 Å². The first-order chi connectivity index (χ1) is 10.6. The summed E-state index contributed by atoms with van der Waals surface area (Å²) < 4.78 is 10.3.